The number of benzene rings is 1. The summed E-state index contributed by atoms with van der Waals surface area (Å²) in [5, 5.41) is 9.00. The summed E-state index contributed by atoms with van der Waals surface area (Å²) in [5.74, 6) is 0.0927. The van der Waals surface area contributed by atoms with Crippen molar-refractivity contribution in [2.75, 3.05) is 7.11 Å². The van der Waals surface area contributed by atoms with Crippen molar-refractivity contribution in [1.82, 2.24) is 0 Å². The molecule has 12 heavy (non-hydrogen) atoms. The topological polar surface area (TPSA) is 49.5 Å². The molecule has 0 bridgehead atoms. The third-order valence-electron chi connectivity index (χ3n) is 1.29. The molecule has 4 nitrogen and oxygen atoms in total. The van der Waals surface area contributed by atoms with Gasteiger partial charge in [-0.05, 0) is 22.0 Å². The fraction of sp³-hybridized carbons (Fsp3) is 0.143. The second kappa shape index (κ2) is 3.53. The molecule has 1 aromatic carbocycles. The molecule has 64 valence electrons. The van der Waals surface area contributed by atoms with Gasteiger partial charge < -0.3 is 5.11 Å². The van der Waals surface area contributed by atoms with Crippen molar-refractivity contribution in [3.63, 3.8) is 0 Å². The Balaban J connectivity index is 3.09. The number of aromatic hydroxyl groups is 1. The Morgan fingerprint density at radius 3 is 2.75 bits per heavy atom. The van der Waals surface area contributed by atoms with E-state index in [1.807, 2.05) is 0 Å². The summed E-state index contributed by atoms with van der Waals surface area (Å²) >= 11 is 3.11. The van der Waals surface area contributed by atoms with E-state index in [2.05, 4.69) is 20.8 Å². The van der Waals surface area contributed by atoms with Crippen molar-refractivity contribution in [3.8, 4) is 5.75 Å². The summed E-state index contributed by atoms with van der Waals surface area (Å²) in [6.07, 6.45) is 0. The van der Waals surface area contributed by atoms with E-state index in [9.17, 15) is 4.91 Å². The number of hydrogen-bond donors (Lipinski definition) is 1. The first-order chi connectivity index (χ1) is 5.65. The highest BCUT2D eigenvalue weighted by atomic mass is 79.9. The second-order valence-corrected chi connectivity index (χ2v) is 2.93. The summed E-state index contributed by atoms with van der Waals surface area (Å²) in [7, 11) is 1.27. The van der Waals surface area contributed by atoms with Crippen LogP contribution in [0.3, 0.4) is 0 Å². The lowest BCUT2D eigenvalue weighted by atomic mass is 10.3. The predicted molar refractivity (Wildman–Crippen MR) is 46.1 cm³/mol. The lowest BCUT2D eigenvalue weighted by molar-refractivity contribution is -0.737. The first-order valence-electron chi connectivity index (χ1n) is 3.15. The number of hydrogen-bond acceptors (Lipinski definition) is 3. The van der Waals surface area contributed by atoms with E-state index in [-0.39, 0.29) is 5.75 Å². The molecule has 1 N–H and O–H groups in total. The number of phenols is 1. The first kappa shape index (κ1) is 8.99. The number of halogens is 1. The molecule has 0 unspecified atom stereocenters. The maximum atomic E-state index is 10.9. The Labute approximate surface area is 77.4 Å². The van der Waals surface area contributed by atoms with Gasteiger partial charge in [0, 0.05) is 12.1 Å². The van der Waals surface area contributed by atoms with Crippen LogP contribution in [0.5, 0.6) is 5.75 Å². The van der Waals surface area contributed by atoms with Crippen molar-refractivity contribution in [2.45, 2.75) is 0 Å². The molecule has 0 saturated heterocycles. The van der Waals surface area contributed by atoms with Crippen LogP contribution in [0, 0.1) is 4.91 Å². The van der Waals surface area contributed by atoms with Gasteiger partial charge in [-0.15, -0.1) is 0 Å². The summed E-state index contributed by atoms with van der Waals surface area (Å²) in [6, 6.07) is 4.28. The highest BCUT2D eigenvalue weighted by Gasteiger charge is 2.18. The van der Waals surface area contributed by atoms with Gasteiger partial charge >= 0.3 is 5.69 Å². The molecule has 0 amide bonds. The van der Waals surface area contributed by atoms with Gasteiger partial charge in [0.15, 0.2) is 7.11 Å². The van der Waals surface area contributed by atoms with Crippen LogP contribution in [-0.2, 0) is 4.84 Å². The fourth-order valence-corrected chi connectivity index (χ4v) is 1.25. The zero-order chi connectivity index (χ0) is 9.14. The van der Waals surface area contributed by atoms with E-state index in [1.54, 1.807) is 0 Å². The van der Waals surface area contributed by atoms with Crippen molar-refractivity contribution < 1.29 is 14.9 Å². The molecular formula is C7H7BrNO3+. The lowest BCUT2D eigenvalue weighted by Crippen LogP contribution is -1.98. The molecule has 0 heterocycles. The quantitative estimate of drug-likeness (QED) is 0.796. The zero-order valence-corrected chi connectivity index (χ0v) is 7.91. The van der Waals surface area contributed by atoms with Crippen LogP contribution in [-0.4, -0.2) is 17.1 Å². The SMILES string of the molecule is CO[N+](=O)c1ccc(O)cc1Br. The van der Waals surface area contributed by atoms with Gasteiger partial charge in [0.1, 0.15) is 10.2 Å². The third kappa shape index (κ3) is 1.73. The van der Waals surface area contributed by atoms with Gasteiger partial charge in [-0.2, -0.15) is 0 Å². The first-order valence-corrected chi connectivity index (χ1v) is 3.94. The van der Waals surface area contributed by atoms with E-state index in [0.717, 1.165) is 0 Å². The minimum absolute atomic E-state index is 0.0927. The lowest BCUT2D eigenvalue weighted by Gasteiger charge is -1.93. The van der Waals surface area contributed by atoms with Crippen LogP contribution in [0.4, 0.5) is 5.69 Å². The molecular weight excluding hydrogens is 226 g/mol. The molecule has 0 fully saturated rings. The molecule has 5 heteroatoms. The van der Waals surface area contributed by atoms with E-state index in [1.165, 1.54) is 25.3 Å². The van der Waals surface area contributed by atoms with Gasteiger partial charge in [-0.25, -0.2) is 4.84 Å². The molecule has 0 radical (unpaired) electrons. The maximum absolute atomic E-state index is 10.9. The second-order valence-electron chi connectivity index (χ2n) is 2.08. The third-order valence-corrected chi connectivity index (χ3v) is 1.93. The van der Waals surface area contributed by atoms with Gasteiger partial charge in [0.2, 0.25) is 0 Å². The summed E-state index contributed by atoms with van der Waals surface area (Å²) in [4.78, 5) is 15.7. The standard InChI is InChI=1S/C7H6BrNO3/c1-12-9(11)7-3-2-5(10)4-6(7)8/h2-4H,1H3/p+1. The molecule has 0 aliphatic heterocycles. The van der Waals surface area contributed by atoms with Gasteiger partial charge in [-0.1, -0.05) is 0 Å². The molecule has 1 rings (SSSR count). The Kier molecular flexibility index (Phi) is 2.65. The fourth-order valence-electron chi connectivity index (χ4n) is 0.742. The zero-order valence-electron chi connectivity index (χ0n) is 6.32. The Bertz CT molecular complexity index is 314. The number of nitrogens with zero attached hydrogens (tertiary/aromatic N) is 1. The monoisotopic (exact) mass is 232 g/mol. The van der Waals surface area contributed by atoms with Gasteiger partial charge in [-0.3, -0.25) is 0 Å². The van der Waals surface area contributed by atoms with Crippen LogP contribution in [0.1, 0.15) is 0 Å². The minimum Gasteiger partial charge on any atom is -0.508 e. The van der Waals surface area contributed by atoms with Crippen LogP contribution in [0.2, 0.25) is 0 Å². The number of phenolic OH excluding ortho intramolecular Hbond substituents is 1. The average molecular weight is 233 g/mol. The van der Waals surface area contributed by atoms with E-state index >= 15 is 0 Å². The largest absolute Gasteiger partial charge is 0.508 e. The highest BCUT2D eigenvalue weighted by molar-refractivity contribution is 9.10. The molecule has 0 spiro atoms. The highest BCUT2D eigenvalue weighted by Crippen LogP contribution is 2.28. The number of rotatable bonds is 2. The minimum atomic E-state index is 0.0927. The van der Waals surface area contributed by atoms with Crippen LogP contribution in [0.15, 0.2) is 22.7 Å². The van der Waals surface area contributed by atoms with E-state index in [0.29, 0.717) is 15.1 Å². The molecule has 0 aliphatic rings. The molecule has 0 atom stereocenters. The Morgan fingerprint density at radius 1 is 1.58 bits per heavy atom. The van der Waals surface area contributed by atoms with Crippen molar-refractivity contribution >= 4 is 21.6 Å². The molecule has 0 aliphatic carbocycles. The summed E-state index contributed by atoms with van der Waals surface area (Å²) in [6.45, 7) is 0. The normalized spacial score (nSPS) is 9.50. The summed E-state index contributed by atoms with van der Waals surface area (Å²) in [5.41, 5.74) is 0.315. The Morgan fingerprint density at radius 2 is 2.25 bits per heavy atom. The predicted octanol–water partition coefficient (Wildman–Crippen LogP) is 2.13. The van der Waals surface area contributed by atoms with Crippen molar-refractivity contribution in [1.29, 1.82) is 0 Å². The van der Waals surface area contributed by atoms with Crippen molar-refractivity contribution in [3.05, 3.63) is 27.6 Å². The van der Waals surface area contributed by atoms with Crippen molar-refractivity contribution in [2.24, 2.45) is 0 Å². The Hall–Kier alpha value is -1.10. The van der Waals surface area contributed by atoms with Gasteiger partial charge in [0.25, 0.3) is 4.92 Å². The average Bonchev–Trinajstić information content (AvgIpc) is 2.03. The molecule has 1 aromatic rings. The molecule has 0 aromatic heterocycles. The van der Waals surface area contributed by atoms with Crippen LogP contribution in [0.25, 0.3) is 0 Å². The maximum Gasteiger partial charge on any atom is 0.331 e. The van der Waals surface area contributed by atoms with E-state index < -0.39 is 0 Å². The smallest absolute Gasteiger partial charge is 0.331 e. The molecule has 0 saturated carbocycles. The van der Waals surface area contributed by atoms with E-state index in [4.69, 9.17) is 5.11 Å². The van der Waals surface area contributed by atoms with Gasteiger partial charge in [0.05, 0.1) is 4.91 Å². The van der Waals surface area contributed by atoms with Crippen LogP contribution < -0.4 is 0 Å². The van der Waals surface area contributed by atoms with Crippen LogP contribution >= 0.6 is 15.9 Å². The summed E-state index contributed by atoms with van der Waals surface area (Å²) < 4.78 is 0.486.